The molecule has 2 fully saturated rings. The van der Waals surface area contributed by atoms with Gasteiger partial charge in [0.25, 0.3) is 0 Å². The predicted molar refractivity (Wildman–Crippen MR) is 250 cm³/mol. The number of amides is 1. The molecule has 0 aliphatic carbocycles. The molecule has 1 amide bonds. The molecule has 2 aliphatic heterocycles. The summed E-state index contributed by atoms with van der Waals surface area (Å²) in [5.41, 5.74) is 11.0. The van der Waals surface area contributed by atoms with E-state index in [0.29, 0.717) is 75.1 Å². The first-order valence-corrected chi connectivity index (χ1v) is 23.4. The van der Waals surface area contributed by atoms with E-state index in [2.05, 4.69) is 51.4 Å². The number of carbonyl (C=O) groups is 2. The zero-order chi connectivity index (χ0) is 47.3. The van der Waals surface area contributed by atoms with Crippen molar-refractivity contribution in [2.45, 2.75) is 131 Å². The van der Waals surface area contributed by atoms with Crippen LogP contribution in [-0.2, 0) is 95.2 Å². The number of carbonyl (C=O) groups excluding carboxylic acids is 3. The molecule has 4 rings (SSSR count). The van der Waals surface area contributed by atoms with Gasteiger partial charge < -0.3 is 53.7 Å². The topological polar surface area (TPSA) is 161 Å². The van der Waals surface area contributed by atoms with Gasteiger partial charge >= 0.3 is 12.1 Å². The van der Waals surface area contributed by atoms with Gasteiger partial charge in [-0.1, -0.05) is 85.9 Å². The number of cyclic esters (lactones) is 2. The van der Waals surface area contributed by atoms with Crippen molar-refractivity contribution in [2.24, 2.45) is 47.3 Å². The molecule has 371 valence electrons. The molecule has 2 heterocycles. The van der Waals surface area contributed by atoms with Crippen molar-refractivity contribution in [3.05, 3.63) is 53.3 Å². The van der Waals surface area contributed by atoms with Gasteiger partial charge in [0.1, 0.15) is 6.10 Å². The molecule has 0 aromatic heterocycles. The van der Waals surface area contributed by atoms with Gasteiger partial charge in [0.2, 0.25) is 0 Å². The van der Waals surface area contributed by atoms with Gasteiger partial charge in [0.15, 0.2) is 23.0 Å². The summed E-state index contributed by atoms with van der Waals surface area (Å²) in [7, 11) is 6.64. The Morgan fingerprint density at radius 2 is 1.23 bits per heavy atom. The van der Waals surface area contributed by atoms with Crippen LogP contribution in [0.15, 0.2) is 36.4 Å². The molecule has 2 aliphatic rings. The standard InChI is InChI=1S/C26H40NO6.C25H40NO5.W.Y/c1-17(2)20(14-22-24(33-26(29)27-22)15-21(16-28)18(3)4)12-19-8-9-23(31-6)25(13-19)32-11-7-10-30-5;1-16(2)19(14-21(26)23-15-20(17(3)4)25(27)31-23)12-18-8-9-22(29-6)24(13-18)30-11-7-10-28-5;;/h8-9,13,17-18,20-22,24H,7,10-12,14-15H2,1-6H3,(H,27,29);8-9,13,16-17,19-21,23,26H,7,10-12,14-15H2,1-6H3;;/q2*-1;;/t20-,21+,22-,24-;19-,20-,21-,23-;;/m00../s1. The number of hydrogen-bond donors (Lipinski definition) is 1. The van der Waals surface area contributed by atoms with Gasteiger partial charge in [-0.3, -0.25) is 11.1 Å². The summed E-state index contributed by atoms with van der Waals surface area (Å²) < 4.78 is 44.0. The summed E-state index contributed by atoms with van der Waals surface area (Å²) in [4.78, 5) is 35.5. The molecule has 1 radical (unpaired) electrons. The van der Waals surface area contributed by atoms with Gasteiger partial charge in [-0.15, -0.1) is 5.92 Å². The van der Waals surface area contributed by atoms with E-state index in [1.807, 2.05) is 52.0 Å². The summed E-state index contributed by atoms with van der Waals surface area (Å²) in [5.74, 6) is 4.29. The van der Waals surface area contributed by atoms with E-state index in [0.717, 1.165) is 60.5 Å². The Morgan fingerprint density at radius 1 is 0.712 bits per heavy atom. The van der Waals surface area contributed by atoms with Crippen molar-refractivity contribution in [3.8, 4) is 23.0 Å². The van der Waals surface area contributed by atoms with E-state index in [1.54, 1.807) is 28.4 Å². The molecule has 0 saturated carbocycles. The van der Waals surface area contributed by atoms with E-state index >= 15 is 0 Å². The first-order valence-electron chi connectivity index (χ1n) is 23.4. The van der Waals surface area contributed by atoms with Crippen LogP contribution in [0.2, 0.25) is 0 Å². The number of nitrogens with one attached hydrogen (secondary N) is 2. The van der Waals surface area contributed by atoms with Crippen LogP contribution in [-0.4, -0.2) is 97.5 Å². The van der Waals surface area contributed by atoms with Crippen molar-refractivity contribution in [1.82, 2.24) is 5.32 Å². The second-order valence-electron chi connectivity index (χ2n) is 18.8. The van der Waals surface area contributed by atoms with Gasteiger partial charge in [0.05, 0.1) is 45.5 Å². The smallest absolute Gasteiger partial charge is 0.407 e. The van der Waals surface area contributed by atoms with Crippen LogP contribution >= 0.6 is 0 Å². The van der Waals surface area contributed by atoms with Crippen LogP contribution in [0.1, 0.15) is 105 Å². The van der Waals surface area contributed by atoms with E-state index < -0.39 is 12.1 Å². The molecule has 66 heavy (non-hydrogen) atoms. The minimum absolute atomic E-state index is 0. The summed E-state index contributed by atoms with van der Waals surface area (Å²) in [6.07, 6.45) is 7.04. The summed E-state index contributed by atoms with van der Waals surface area (Å²) in [5, 5.41) is 2.97. The minimum Gasteiger partial charge on any atom is -0.672 e. The molecule has 8 atom stereocenters. The molecule has 0 spiro atoms. The molecule has 2 N–H and O–H groups in total. The van der Waals surface area contributed by atoms with E-state index in [4.69, 9.17) is 43.6 Å². The number of alkyl carbamates (subject to hydrolysis) is 1. The quantitative estimate of drug-likeness (QED) is 0.0491. The largest absolute Gasteiger partial charge is 0.672 e. The molecule has 2 aromatic carbocycles. The Hall–Kier alpha value is -2.28. The molecular formula is C51H80N2O11WY-2. The van der Waals surface area contributed by atoms with Crippen molar-refractivity contribution in [3.63, 3.8) is 0 Å². The van der Waals surface area contributed by atoms with Crippen LogP contribution < -0.4 is 24.3 Å². The third-order valence-electron chi connectivity index (χ3n) is 12.7. The molecule has 0 unspecified atom stereocenters. The van der Waals surface area contributed by atoms with Crippen molar-refractivity contribution >= 4 is 18.3 Å². The Balaban J connectivity index is 0.000000642. The third kappa shape index (κ3) is 20.4. The van der Waals surface area contributed by atoms with Gasteiger partial charge in [0, 0.05) is 94.0 Å². The minimum atomic E-state index is -0.405. The van der Waals surface area contributed by atoms with Gasteiger partial charge in [-0.2, -0.15) is 0 Å². The van der Waals surface area contributed by atoms with Crippen LogP contribution in [0.25, 0.3) is 5.73 Å². The number of methoxy groups -OCH3 is 4. The second-order valence-corrected chi connectivity index (χ2v) is 18.8. The second kappa shape index (κ2) is 32.5. The Morgan fingerprint density at radius 3 is 1.65 bits per heavy atom. The van der Waals surface area contributed by atoms with Crippen molar-refractivity contribution < 1.29 is 106 Å². The van der Waals surface area contributed by atoms with Crippen LogP contribution in [0, 0.1) is 47.3 Å². The van der Waals surface area contributed by atoms with Crippen LogP contribution in [0.5, 0.6) is 23.0 Å². The zero-order valence-corrected chi connectivity index (χ0v) is 47.6. The van der Waals surface area contributed by atoms with E-state index in [9.17, 15) is 14.4 Å². The maximum Gasteiger partial charge on any atom is 0.407 e. The summed E-state index contributed by atoms with van der Waals surface area (Å²) in [6, 6.07) is 11.6. The first kappa shape index (κ1) is 61.7. The SMILES string of the molecule is COCCCOc1cc(C[C@@H](C[C@@H]2NC(=O)O[C@H]2C[C@H]([C-]=O)C(C)C)C(C)C)ccc1OC.COCCCOc1cc(C[C@@H](C[C@H]([NH-])[C@@H]2C[C@@H](C(C)C)C(=O)O2)C(C)C)ccc1OC.[W].[Y]. The molecule has 2 aromatic rings. The van der Waals surface area contributed by atoms with Crippen LogP contribution in [0.3, 0.4) is 0 Å². The average molecular weight is 1170 g/mol. The van der Waals surface area contributed by atoms with Gasteiger partial charge in [-0.25, -0.2) is 4.79 Å². The normalized spacial score (nSPS) is 19.7. The zero-order valence-electron chi connectivity index (χ0n) is 41.9. The Bertz CT molecular complexity index is 1700. The predicted octanol–water partition coefficient (Wildman–Crippen LogP) is 9.88. The third-order valence-corrected chi connectivity index (χ3v) is 12.7. The molecule has 13 nitrogen and oxygen atoms in total. The van der Waals surface area contributed by atoms with E-state index in [-0.39, 0.29) is 102 Å². The van der Waals surface area contributed by atoms with E-state index in [1.165, 1.54) is 0 Å². The Labute approximate surface area is 436 Å². The molecule has 2 saturated heterocycles. The Kier molecular flexibility index (Phi) is 30.4. The summed E-state index contributed by atoms with van der Waals surface area (Å²) >= 11 is 0. The number of ether oxygens (including phenoxy) is 8. The number of hydrogen-bond acceptors (Lipinski definition) is 11. The maximum absolute atomic E-state index is 12.1. The number of esters is 1. The molecule has 15 heteroatoms. The fourth-order valence-corrected chi connectivity index (χ4v) is 8.33. The first-order chi connectivity index (χ1) is 30.5. The van der Waals surface area contributed by atoms with Crippen LogP contribution in [0.4, 0.5) is 4.79 Å². The fraction of sp³-hybridized carbons (Fsp3) is 0.706. The fourth-order valence-electron chi connectivity index (χ4n) is 8.33. The number of benzene rings is 2. The number of rotatable bonds is 28. The summed E-state index contributed by atoms with van der Waals surface area (Å²) in [6.45, 7) is 19.3. The molecular weight excluding hydrogens is 1090 g/mol. The maximum atomic E-state index is 12.1. The van der Waals surface area contributed by atoms with Gasteiger partial charge in [-0.05, 0) is 97.1 Å². The molecule has 0 bridgehead atoms. The average Bonchev–Trinajstić information content (AvgIpc) is 3.83. The van der Waals surface area contributed by atoms with Crippen molar-refractivity contribution in [2.75, 3.05) is 54.9 Å². The van der Waals surface area contributed by atoms with Crippen molar-refractivity contribution in [1.29, 1.82) is 0 Å². The monoisotopic (exact) mass is 1170 g/mol.